The number of H-pyrrole nitrogens is 1. The molecule has 0 radical (unpaired) electrons. The van der Waals surface area contributed by atoms with Crippen molar-refractivity contribution in [1.29, 1.82) is 0 Å². The van der Waals surface area contributed by atoms with E-state index < -0.39 is 0 Å². The number of benzene rings is 1. The van der Waals surface area contributed by atoms with Gasteiger partial charge in [0.25, 0.3) is 0 Å². The molecule has 0 bridgehead atoms. The molecule has 6 heteroatoms. The Morgan fingerprint density at radius 3 is 2.48 bits per heavy atom. The monoisotopic (exact) mass is 308 g/mol. The summed E-state index contributed by atoms with van der Waals surface area (Å²) in [5.41, 5.74) is 3.14. The molecule has 0 unspecified atom stereocenters. The Bertz CT molecular complexity index is 704. The van der Waals surface area contributed by atoms with Gasteiger partial charge >= 0.3 is 0 Å². The highest BCUT2D eigenvalue weighted by atomic mass is 15.3. The van der Waals surface area contributed by atoms with Crippen molar-refractivity contribution in [2.75, 3.05) is 36.0 Å². The summed E-state index contributed by atoms with van der Waals surface area (Å²) in [5.74, 6) is 0.499. The van der Waals surface area contributed by atoms with Gasteiger partial charge in [0.15, 0.2) is 0 Å². The number of aromatic amines is 1. The van der Waals surface area contributed by atoms with E-state index in [4.69, 9.17) is 0 Å². The minimum atomic E-state index is 0.499. The Balaban J connectivity index is 1.91. The average molecular weight is 308 g/mol. The zero-order valence-electron chi connectivity index (χ0n) is 13.0. The number of aromatic nitrogens is 2. The Kier molecular flexibility index (Phi) is 4.52. The number of rotatable bonds is 6. The lowest BCUT2D eigenvalue weighted by atomic mass is 10.1. The van der Waals surface area contributed by atoms with Gasteiger partial charge < -0.3 is 14.8 Å². The topological polar surface area (TPSA) is 59.9 Å². The van der Waals surface area contributed by atoms with E-state index >= 15 is 0 Å². The van der Waals surface area contributed by atoms with E-state index in [0.29, 0.717) is 5.95 Å². The summed E-state index contributed by atoms with van der Waals surface area (Å²) in [6, 6.07) is 6.11. The highest BCUT2D eigenvalue weighted by molar-refractivity contribution is 5.77. The van der Waals surface area contributed by atoms with Crippen LogP contribution in [-0.4, -0.2) is 36.1 Å². The molecule has 3 rings (SSSR count). The van der Waals surface area contributed by atoms with Crippen LogP contribution in [0.3, 0.4) is 0 Å². The fourth-order valence-electron chi connectivity index (χ4n) is 2.68. The molecule has 6 nitrogen and oxygen atoms in total. The van der Waals surface area contributed by atoms with Crippen LogP contribution in [0.15, 0.2) is 66.1 Å². The molecular weight excluding hydrogens is 288 g/mol. The van der Waals surface area contributed by atoms with Gasteiger partial charge in [-0.15, -0.1) is 23.4 Å². The normalized spacial score (nSPS) is 14.1. The first-order valence-corrected chi connectivity index (χ1v) is 7.58. The van der Waals surface area contributed by atoms with Gasteiger partial charge in [0.1, 0.15) is 0 Å². The fraction of sp³-hybridized carbons (Fsp3) is 0.235. The lowest BCUT2D eigenvalue weighted by Gasteiger charge is -2.38. The van der Waals surface area contributed by atoms with E-state index in [0.717, 1.165) is 37.6 Å². The van der Waals surface area contributed by atoms with Crippen LogP contribution < -0.4 is 9.80 Å². The van der Waals surface area contributed by atoms with Gasteiger partial charge in [-0.1, -0.05) is 12.2 Å². The van der Waals surface area contributed by atoms with Crippen molar-refractivity contribution in [1.82, 2.24) is 9.97 Å². The van der Waals surface area contributed by atoms with Crippen LogP contribution in [0.1, 0.15) is 0 Å². The Morgan fingerprint density at radius 2 is 1.83 bits per heavy atom. The Hall–Kier alpha value is -2.89. The molecule has 0 spiro atoms. The third-order valence-corrected chi connectivity index (χ3v) is 3.72. The fourth-order valence-corrected chi connectivity index (χ4v) is 2.68. The van der Waals surface area contributed by atoms with Gasteiger partial charge in [0.05, 0.1) is 17.1 Å². The van der Waals surface area contributed by atoms with Crippen LogP contribution >= 0.6 is 0 Å². The zero-order chi connectivity index (χ0) is 16.1. The Morgan fingerprint density at radius 1 is 1.09 bits per heavy atom. The van der Waals surface area contributed by atoms with Crippen molar-refractivity contribution < 1.29 is 0 Å². The summed E-state index contributed by atoms with van der Waals surface area (Å²) in [4.78, 5) is 11.6. The molecule has 23 heavy (non-hydrogen) atoms. The zero-order valence-corrected chi connectivity index (χ0v) is 13.0. The summed E-state index contributed by atoms with van der Waals surface area (Å²) in [6.07, 6.45) is 7.22. The van der Waals surface area contributed by atoms with E-state index in [1.807, 2.05) is 18.2 Å². The summed E-state index contributed by atoms with van der Waals surface area (Å²) >= 11 is 0. The minimum absolute atomic E-state index is 0.499. The largest absolute Gasteiger partial charge is 0.364 e. The number of nitrogens with one attached hydrogen (secondary N) is 1. The molecular formula is C17H20N6. The molecule has 1 aromatic carbocycles. The minimum Gasteiger partial charge on any atom is -0.364 e. The second-order valence-corrected chi connectivity index (χ2v) is 5.26. The van der Waals surface area contributed by atoms with E-state index in [-0.39, 0.29) is 0 Å². The second kappa shape index (κ2) is 6.91. The molecule has 1 N–H and O–H groups in total. The number of hydrogen-bond acceptors (Lipinski definition) is 5. The van der Waals surface area contributed by atoms with E-state index in [1.165, 1.54) is 5.69 Å². The predicted octanol–water partition coefficient (Wildman–Crippen LogP) is 3.82. The van der Waals surface area contributed by atoms with Crippen LogP contribution in [0.5, 0.6) is 0 Å². The van der Waals surface area contributed by atoms with Gasteiger partial charge in [-0.2, -0.15) is 0 Å². The third kappa shape index (κ3) is 3.31. The van der Waals surface area contributed by atoms with Gasteiger partial charge in [0.2, 0.25) is 5.95 Å². The van der Waals surface area contributed by atoms with Crippen LogP contribution in [-0.2, 0) is 0 Å². The third-order valence-electron chi connectivity index (χ3n) is 3.72. The van der Waals surface area contributed by atoms with Gasteiger partial charge in [0, 0.05) is 38.6 Å². The summed E-state index contributed by atoms with van der Waals surface area (Å²) in [5, 5.41) is 8.36. The highest BCUT2D eigenvalue weighted by Crippen LogP contribution is 2.36. The maximum absolute atomic E-state index is 4.26. The SMILES string of the molecule is C=CCN1CCN(CC=C)c2cc(N=Nc3ncc[nH]3)ccc21. The maximum Gasteiger partial charge on any atom is 0.246 e. The second-order valence-electron chi connectivity index (χ2n) is 5.26. The van der Waals surface area contributed by atoms with Gasteiger partial charge in [-0.05, 0) is 18.2 Å². The van der Waals surface area contributed by atoms with Gasteiger partial charge in [-0.3, -0.25) is 0 Å². The van der Waals surface area contributed by atoms with Crippen molar-refractivity contribution in [2.24, 2.45) is 10.2 Å². The smallest absolute Gasteiger partial charge is 0.246 e. The standard InChI is InChI=1S/C17H20N6/c1-3-9-22-11-12-23(10-4-2)16-13-14(5-6-15(16)22)20-21-17-18-7-8-19-17/h3-8,13H,1-2,9-12H2,(H,18,19). The average Bonchev–Trinajstić information content (AvgIpc) is 3.09. The van der Waals surface area contributed by atoms with Crippen molar-refractivity contribution in [2.45, 2.75) is 0 Å². The number of anilines is 2. The maximum atomic E-state index is 4.26. The number of azo groups is 1. The summed E-state index contributed by atoms with van der Waals surface area (Å²) < 4.78 is 0. The van der Waals surface area contributed by atoms with Crippen molar-refractivity contribution >= 4 is 23.0 Å². The van der Waals surface area contributed by atoms with E-state index in [1.54, 1.807) is 12.4 Å². The molecule has 2 heterocycles. The van der Waals surface area contributed by atoms with Crippen molar-refractivity contribution in [3.05, 3.63) is 55.9 Å². The summed E-state index contributed by atoms with van der Waals surface area (Å²) in [6.45, 7) is 11.3. The molecule has 0 saturated carbocycles. The molecule has 0 aliphatic carbocycles. The number of hydrogen-bond donors (Lipinski definition) is 1. The van der Waals surface area contributed by atoms with Gasteiger partial charge in [-0.25, -0.2) is 4.98 Å². The lowest BCUT2D eigenvalue weighted by molar-refractivity contribution is 0.751. The van der Waals surface area contributed by atoms with Crippen molar-refractivity contribution in [3.63, 3.8) is 0 Å². The molecule has 1 aromatic heterocycles. The van der Waals surface area contributed by atoms with Crippen LogP contribution in [0.25, 0.3) is 0 Å². The van der Waals surface area contributed by atoms with Crippen molar-refractivity contribution in [3.8, 4) is 0 Å². The first-order chi connectivity index (χ1) is 11.3. The quantitative estimate of drug-likeness (QED) is 0.652. The molecule has 0 atom stereocenters. The first-order valence-electron chi connectivity index (χ1n) is 7.58. The van der Waals surface area contributed by atoms with Crippen LogP contribution in [0.4, 0.5) is 23.0 Å². The van der Waals surface area contributed by atoms with E-state index in [2.05, 4.69) is 55.3 Å². The first kappa shape index (κ1) is 15.0. The molecule has 0 fully saturated rings. The number of imidazole rings is 1. The number of fused-ring (bicyclic) bond motifs is 1. The predicted molar refractivity (Wildman–Crippen MR) is 94.0 cm³/mol. The van der Waals surface area contributed by atoms with Crippen LogP contribution in [0.2, 0.25) is 0 Å². The Labute approximate surface area is 135 Å². The molecule has 0 amide bonds. The molecule has 1 aliphatic rings. The molecule has 1 aliphatic heterocycles. The highest BCUT2D eigenvalue weighted by Gasteiger charge is 2.21. The van der Waals surface area contributed by atoms with E-state index in [9.17, 15) is 0 Å². The molecule has 2 aromatic rings. The molecule has 0 saturated heterocycles. The van der Waals surface area contributed by atoms with Crippen LogP contribution in [0, 0.1) is 0 Å². The summed E-state index contributed by atoms with van der Waals surface area (Å²) in [7, 11) is 0. The lowest BCUT2D eigenvalue weighted by Crippen LogP contribution is -2.41. The number of nitrogens with zero attached hydrogens (tertiary/aromatic N) is 5. The molecule has 118 valence electrons.